The Balaban J connectivity index is 2.23. The number of hydrogen-bond acceptors (Lipinski definition) is 4. The van der Waals surface area contributed by atoms with Crippen molar-refractivity contribution in [2.24, 2.45) is 12.8 Å². The Hall–Kier alpha value is -2.14. The first-order valence-electron chi connectivity index (χ1n) is 6.12. The molecule has 0 saturated heterocycles. The van der Waals surface area contributed by atoms with Gasteiger partial charge in [-0.25, -0.2) is 4.98 Å². The zero-order valence-corrected chi connectivity index (χ0v) is 11.2. The molecule has 2 N–H and O–H groups in total. The van der Waals surface area contributed by atoms with E-state index in [1.807, 2.05) is 36.2 Å². The predicted octanol–water partition coefficient (Wildman–Crippen LogP) is 0.875. The van der Waals surface area contributed by atoms with Crippen LogP contribution >= 0.6 is 0 Å². The molecule has 5 heteroatoms. The van der Waals surface area contributed by atoms with E-state index in [4.69, 9.17) is 5.73 Å². The molecule has 100 valence electrons. The molecule has 0 fully saturated rings. The minimum absolute atomic E-state index is 0.0972. The van der Waals surface area contributed by atoms with Gasteiger partial charge in [0.15, 0.2) is 5.82 Å². The number of benzene rings is 1. The first kappa shape index (κ1) is 13.3. The molecule has 0 atom stereocenters. The Morgan fingerprint density at radius 2 is 2.11 bits per heavy atom. The van der Waals surface area contributed by atoms with Gasteiger partial charge in [-0.05, 0) is 11.1 Å². The highest BCUT2D eigenvalue weighted by Gasteiger charge is 2.09. The average molecular weight is 258 g/mol. The van der Waals surface area contributed by atoms with Gasteiger partial charge in [-0.2, -0.15) is 0 Å². The van der Waals surface area contributed by atoms with Crippen LogP contribution < -0.4 is 16.2 Å². The molecule has 0 aliphatic rings. The molecule has 19 heavy (non-hydrogen) atoms. The standard InChI is InChI=1S/C14H18N4O/c1-17-7-6-16-13(14(17)19)18(2)10-12-5-3-4-11(8-12)9-15/h3-8H,9-10,15H2,1-2H3. The van der Waals surface area contributed by atoms with Crippen molar-refractivity contribution in [2.45, 2.75) is 13.1 Å². The zero-order valence-electron chi connectivity index (χ0n) is 11.2. The van der Waals surface area contributed by atoms with Crippen LogP contribution in [-0.4, -0.2) is 16.6 Å². The van der Waals surface area contributed by atoms with E-state index in [1.54, 1.807) is 19.4 Å². The van der Waals surface area contributed by atoms with Crippen molar-refractivity contribution < 1.29 is 0 Å². The van der Waals surface area contributed by atoms with Crippen LogP contribution in [0, 0.1) is 0 Å². The Morgan fingerprint density at radius 1 is 1.37 bits per heavy atom. The largest absolute Gasteiger partial charge is 0.351 e. The van der Waals surface area contributed by atoms with Gasteiger partial charge in [0.05, 0.1) is 0 Å². The molecule has 1 heterocycles. The normalized spacial score (nSPS) is 10.5. The number of nitrogens with two attached hydrogens (primary N) is 1. The van der Waals surface area contributed by atoms with Crippen LogP contribution in [0.15, 0.2) is 41.5 Å². The molecule has 0 aliphatic heterocycles. The van der Waals surface area contributed by atoms with E-state index in [0.717, 1.165) is 11.1 Å². The van der Waals surface area contributed by atoms with Gasteiger partial charge in [-0.15, -0.1) is 0 Å². The molecular formula is C14H18N4O. The van der Waals surface area contributed by atoms with Crippen molar-refractivity contribution in [1.82, 2.24) is 9.55 Å². The minimum atomic E-state index is -0.0972. The van der Waals surface area contributed by atoms with E-state index in [0.29, 0.717) is 18.9 Å². The Bertz CT molecular complexity index is 621. The second-order valence-corrected chi connectivity index (χ2v) is 4.55. The third-order valence-electron chi connectivity index (χ3n) is 3.01. The van der Waals surface area contributed by atoms with E-state index in [9.17, 15) is 4.79 Å². The van der Waals surface area contributed by atoms with Gasteiger partial charge >= 0.3 is 0 Å². The maximum atomic E-state index is 12.0. The first-order chi connectivity index (χ1) is 9.11. The van der Waals surface area contributed by atoms with Crippen molar-refractivity contribution >= 4 is 5.82 Å². The number of anilines is 1. The van der Waals surface area contributed by atoms with Gasteiger partial charge in [-0.1, -0.05) is 24.3 Å². The predicted molar refractivity (Wildman–Crippen MR) is 75.9 cm³/mol. The molecule has 0 radical (unpaired) electrons. The Kier molecular flexibility index (Phi) is 3.97. The molecule has 0 unspecified atom stereocenters. The molecule has 0 saturated carbocycles. The summed E-state index contributed by atoms with van der Waals surface area (Å²) < 4.78 is 1.52. The summed E-state index contributed by atoms with van der Waals surface area (Å²) in [4.78, 5) is 18.0. The Morgan fingerprint density at radius 3 is 2.84 bits per heavy atom. The minimum Gasteiger partial charge on any atom is -0.351 e. The van der Waals surface area contributed by atoms with Crippen molar-refractivity contribution in [3.8, 4) is 0 Å². The summed E-state index contributed by atoms with van der Waals surface area (Å²) >= 11 is 0. The molecule has 1 aromatic heterocycles. The molecule has 0 amide bonds. The zero-order chi connectivity index (χ0) is 13.8. The number of hydrogen-bond donors (Lipinski definition) is 1. The van der Waals surface area contributed by atoms with E-state index < -0.39 is 0 Å². The maximum Gasteiger partial charge on any atom is 0.293 e. The highest BCUT2D eigenvalue weighted by atomic mass is 16.1. The third-order valence-corrected chi connectivity index (χ3v) is 3.01. The molecule has 2 aromatic rings. The lowest BCUT2D eigenvalue weighted by Crippen LogP contribution is -2.29. The van der Waals surface area contributed by atoms with E-state index in [-0.39, 0.29) is 5.56 Å². The first-order valence-corrected chi connectivity index (χ1v) is 6.12. The van der Waals surface area contributed by atoms with Crippen LogP contribution in [-0.2, 0) is 20.1 Å². The molecule has 2 rings (SSSR count). The van der Waals surface area contributed by atoms with Crippen LogP contribution in [0.5, 0.6) is 0 Å². The van der Waals surface area contributed by atoms with Crippen molar-refractivity contribution in [3.63, 3.8) is 0 Å². The van der Waals surface area contributed by atoms with Crippen LogP contribution in [0.2, 0.25) is 0 Å². The molecule has 0 spiro atoms. The topological polar surface area (TPSA) is 64.2 Å². The maximum absolute atomic E-state index is 12.0. The summed E-state index contributed by atoms with van der Waals surface area (Å²) in [5.74, 6) is 0.447. The molecule has 0 aliphatic carbocycles. The van der Waals surface area contributed by atoms with Crippen LogP contribution in [0.4, 0.5) is 5.82 Å². The number of rotatable bonds is 4. The molecule has 0 bridgehead atoms. The van der Waals surface area contributed by atoms with Gasteiger partial charge in [-0.3, -0.25) is 4.79 Å². The second kappa shape index (κ2) is 5.67. The lowest BCUT2D eigenvalue weighted by molar-refractivity contribution is 0.801. The highest BCUT2D eigenvalue weighted by molar-refractivity contribution is 5.36. The summed E-state index contributed by atoms with van der Waals surface area (Å²) in [5, 5.41) is 0. The van der Waals surface area contributed by atoms with Gasteiger partial charge in [0.25, 0.3) is 5.56 Å². The second-order valence-electron chi connectivity index (χ2n) is 4.55. The average Bonchev–Trinajstić information content (AvgIpc) is 2.42. The van der Waals surface area contributed by atoms with Gasteiger partial charge < -0.3 is 15.2 Å². The van der Waals surface area contributed by atoms with Crippen LogP contribution in [0.3, 0.4) is 0 Å². The third kappa shape index (κ3) is 3.00. The monoisotopic (exact) mass is 258 g/mol. The molecular weight excluding hydrogens is 240 g/mol. The van der Waals surface area contributed by atoms with E-state index in [2.05, 4.69) is 4.98 Å². The summed E-state index contributed by atoms with van der Waals surface area (Å²) in [6, 6.07) is 8.03. The summed E-state index contributed by atoms with van der Waals surface area (Å²) in [7, 11) is 3.58. The van der Waals surface area contributed by atoms with E-state index in [1.165, 1.54) is 4.57 Å². The fourth-order valence-corrected chi connectivity index (χ4v) is 1.95. The van der Waals surface area contributed by atoms with Gasteiger partial charge in [0.1, 0.15) is 0 Å². The van der Waals surface area contributed by atoms with Crippen LogP contribution in [0.25, 0.3) is 0 Å². The fourth-order valence-electron chi connectivity index (χ4n) is 1.95. The SMILES string of the molecule is CN(Cc1cccc(CN)c1)c1nccn(C)c1=O. The van der Waals surface area contributed by atoms with Crippen LogP contribution in [0.1, 0.15) is 11.1 Å². The summed E-state index contributed by atoms with van der Waals surface area (Å²) in [6.45, 7) is 1.14. The lowest BCUT2D eigenvalue weighted by atomic mass is 10.1. The Labute approximate surface area is 112 Å². The van der Waals surface area contributed by atoms with E-state index >= 15 is 0 Å². The quantitative estimate of drug-likeness (QED) is 0.884. The van der Waals surface area contributed by atoms with Crippen molar-refractivity contribution in [1.29, 1.82) is 0 Å². The number of nitrogens with zero attached hydrogens (tertiary/aromatic N) is 3. The summed E-state index contributed by atoms with van der Waals surface area (Å²) in [5.41, 5.74) is 7.72. The van der Waals surface area contributed by atoms with Gasteiger partial charge in [0.2, 0.25) is 0 Å². The number of aromatic nitrogens is 2. The highest BCUT2D eigenvalue weighted by Crippen LogP contribution is 2.10. The fraction of sp³-hybridized carbons (Fsp3) is 0.286. The summed E-state index contributed by atoms with van der Waals surface area (Å²) in [6.07, 6.45) is 3.28. The smallest absolute Gasteiger partial charge is 0.293 e. The van der Waals surface area contributed by atoms with Gasteiger partial charge in [0, 0.05) is 39.6 Å². The molecule has 5 nitrogen and oxygen atoms in total. The molecule has 1 aromatic carbocycles. The van der Waals surface area contributed by atoms with Crippen molar-refractivity contribution in [3.05, 3.63) is 58.1 Å². The number of aryl methyl sites for hydroxylation is 1. The lowest BCUT2D eigenvalue weighted by Gasteiger charge is -2.18. The van der Waals surface area contributed by atoms with Crippen molar-refractivity contribution in [2.75, 3.05) is 11.9 Å².